The summed E-state index contributed by atoms with van der Waals surface area (Å²) in [6.45, 7) is 9.29. The summed E-state index contributed by atoms with van der Waals surface area (Å²) < 4.78 is 17.5. The maximum atomic E-state index is 13.6. The summed E-state index contributed by atoms with van der Waals surface area (Å²) in [5.74, 6) is 1.44. The van der Waals surface area contributed by atoms with Gasteiger partial charge in [-0.25, -0.2) is 4.98 Å². The van der Waals surface area contributed by atoms with Crippen molar-refractivity contribution in [2.24, 2.45) is 0 Å². The van der Waals surface area contributed by atoms with E-state index in [2.05, 4.69) is 43.0 Å². The third-order valence-corrected chi connectivity index (χ3v) is 8.15. The molecule has 0 bridgehead atoms. The number of fused-ring (bicyclic) bond motifs is 1. The maximum absolute atomic E-state index is 13.6. The Balaban J connectivity index is 0.00000380. The van der Waals surface area contributed by atoms with Crippen molar-refractivity contribution >= 4 is 56.8 Å². The van der Waals surface area contributed by atoms with E-state index < -0.39 is 0 Å². The molecule has 0 unspecified atom stereocenters. The average molecular weight is 566 g/mol. The van der Waals surface area contributed by atoms with Gasteiger partial charge >= 0.3 is 0 Å². The van der Waals surface area contributed by atoms with E-state index in [9.17, 15) is 4.79 Å². The van der Waals surface area contributed by atoms with Crippen LogP contribution in [0.25, 0.3) is 10.2 Å². The molecule has 3 aromatic rings. The Morgan fingerprint density at radius 2 is 1.78 bits per heavy atom. The van der Waals surface area contributed by atoms with Crippen molar-refractivity contribution in [2.45, 2.75) is 36.8 Å². The number of anilines is 1. The van der Waals surface area contributed by atoms with E-state index in [1.165, 1.54) is 16.2 Å². The summed E-state index contributed by atoms with van der Waals surface area (Å²) >= 11 is 3.29. The number of aromatic nitrogens is 1. The highest BCUT2D eigenvalue weighted by atomic mass is 35.5. The van der Waals surface area contributed by atoms with E-state index >= 15 is 0 Å². The molecule has 2 aromatic carbocycles. The van der Waals surface area contributed by atoms with Gasteiger partial charge in [0.15, 0.2) is 5.13 Å². The quantitative estimate of drug-likeness (QED) is 0.283. The summed E-state index contributed by atoms with van der Waals surface area (Å²) in [6.07, 6.45) is 1.19. The van der Waals surface area contributed by atoms with Crippen molar-refractivity contribution in [3.8, 4) is 11.5 Å². The van der Waals surface area contributed by atoms with E-state index in [0.29, 0.717) is 29.1 Å². The molecule has 0 radical (unpaired) electrons. The molecule has 0 aliphatic carbocycles. The number of halogens is 1. The molecule has 1 amide bonds. The van der Waals surface area contributed by atoms with Crippen LogP contribution in [-0.2, 0) is 16.0 Å². The molecule has 1 aliphatic heterocycles. The molecule has 37 heavy (non-hydrogen) atoms. The molecule has 2 heterocycles. The van der Waals surface area contributed by atoms with Gasteiger partial charge in [-0.1, -0.05) is 37.3 Å². The number of methoxy groups -OCH3 is 2. The Bertz CT molecular complexity index is 1110. The number of carbonyl (C=O) groups excluding carboxylic acids is 1. The van der Waals surface area contributed by atoms with Crippen LogP contribution in [0.15, 0.2) is 41.3 Å². The normalized spacial score (nSPS) is 14.0. The van der Waals surface area contributed by atoms with Crippen LogP contribution in [0.1, 0.15) is 25.8 Å². The highest BCUT2D eigenvalue weighted by molar-refractivity contribution is 7.99. The largest absolute Gasteiger partial charge is 0.495 e. The molecule has 1 fully saturated rings. The highest BCUT2D eigenvalue weighted by Gasteiger charge is 2.23. The molecule has 0 N–H and O–H groups in total. The van der Waals surface area contributed by atoms with Crippen LogP contribution in [0.4, 0.5) is 5.13 Å². The predicted molar refractivity (Wildman–Crippen MR) is 155 cm³/mol. The molecular weight excluding hydrogens is 530 g/mol. The lowest BCUT2D eigenvalue weighted by atomic mass is 10.1. The lowest BCUT2D eigenvalue weighted by Crippen LogP contribution is -2.39. The first-order chi connectivity index (χ1) is 17.5. The predicted octanol–water partition coefficient (Wildman–Crippen LogP) is 5.53. The summed E-state index contributed by atoms with van der Waals surface area (Å²) in [4.78, 5) is 23.9. The van der Waals surface area contributed by atoms with Crippen LogP contribution in [-0.4, -0.2) is 74.7 Å². The first-order valence-corrected chi connectivity index (χ1v) is 14.1. The molecule has 202 valence electrons. The van der Waals surface area contributed by atoms with Crippen LogP contribution >= 0.6 is 35.5 Å². The second-order valence-corrected chi connectivity index (χ2v) is 11.6. The lowest BCUT2D eigenvalue weighted by Gasteiger charge is -2.27. The lowest BCUT2D eigenvalue weighted by molar-refractivity contribution is -0.118. The summed E-state index contributed by atoms with van der Waals surface area (Å²) in [5.41, 5.74) is 1.72. The molecule has 0 atom stereocenters. The SMILES string of the molecule is COc1ccc(OC)c2sc(N(CCCN3CCOCC3)C(=O)Cc3ccc(SC(C)C)cc3)nc12.Cl. The number of benzene rings is 2. The number of nitrogens with zero attached hydrogens (tertiary/aromatic N) is 3. The first-order valence-electron chi connectivity index (χ1n) is 12.4. The van der Waals surface area contributed by atoms with E-state index in [0.717, 1.165) is 60.8 Å². The van der Waals surface area contributed by atoms with Gasteiger partial charge in [-0.3, -0.25) is 14.6 Å². The summed E-state index contributed by atoms with van der Waals surface area (Å²) in [5, 5.41) is 1.19. The van der Waals surface area contributed by atoms with Gasteiger partial charge in [-0.15, -0.1) is 24.2 Å². The van der Waals surface area contributed by atoms with Crippen molar-refractivity contribution in [3.63, 3.8) is 0 Å². The molecule has 0 saturated carbocycles. The molecule has 4 rings (SSSR count). The van der Waals surface area contributed by atoms with Gasteiger partial charge in [0.2, 0.25) is 5.91 Å². The minimum absolute atomic E-state index is 0. The van der Waals surface area contributed by atoms with Crippen LogP contribution < -0.4 is 14.4 Å². The number of thioether (sulfide) groups is 1. The van der Waals surface area contributed by atoms with E-state index in [1.54, 1.807) is 14.2 Å². The minimum Gasteiger partial charge on any atom is -0.495 e. The van der Waals surface area contributed by atoms with Crippen molar-refractivity contribution in [1.82, 2.24) is 9.88 Å². The van der Waals surface area contributed by atoms with Crippen molar-refractivity contribution in [1.29, 1.82) is 0 Å². The molecular formula is C27H36ClN3O4S2. The first kappa shape index (κ1) is 29.5. The number of rotatable bonds is 11. The zero-order valence-corrected chi connectivity index (χ0v) is 24.3. The number of ether oxygens (including phenoxy) is 3. The summed E-state index contributed by atoms with van der Waals surface area (Å²) in [6, 6.07) is 12.0. The molecule has 1 aliphatic rings. The number of morpholine rings is 1. The average Bonchev–Trinajstić information content (AvgIpc) is 3.32. The fraction of sp³-hybridized carbons (Fsp3) is 0.481. The summed E-state index contributed by atoms with van der Waals surface area (Å²) in [7, 11) is 3.28. The molecule has 1 saturated heterocycles. The number of carbonyl (C=O) groups is 1. The Kier molecular flexibility index (Phi) is 11.3. The van der Waals surface area contributed by atoms with Gasteiger partial charge in [-0.05, 0) is 36.2 Å². The van der Waals surface area contributed by atoms with Crippen LogP contribution in [0.5, 0.6) is 11.5 Å². The standard InChI is InChI=1S/C27H35N3O4S2.ClH/c1-19(2)35-21-8-6-20(7-9-21)18-24(31)30(13-5-12-29-14-16-34-17-15-29)27-28-25-22(32-3)10-11-23(33-4)26(25)36-27;/h6-11,19H,5,12-18H2,1-4H3;1H. The van der Waals surface area contributed by atoms with Crippen LogP contribution in [0, 0.1) is 0 Å². The number of thiazole rings is 1. The Labute approximate surface area is 233 Å². The molecule has 1 aromatic heterocycles. The monoisotopic (exact) mass is 565 g/mol. The zero-order valence-electron chi connectivity index (χ0n) is 21.9. The van der Waals surface area contributed by atoms with E-state index in [1.807, 2.05) is 28.8 Å². The van der Waals surface area contributed by atoms with Gasteiger partial charge in [0.05, 0.1) is 33.9 Å². The van der Waals surface area contributed by atoms with Gasteiger partial charge in [0.1, 0.15) is 21.7 Å². The van der Waals surface area contributed by atoms with Crippen molar-refractivity contribution < 1.29 is 19.0 Å². The number of hydrogen-bond donors (Lipinski definition) is 0. The third kappa shape index (κ3) is 7.74. The van der Waals surface area contributed by atoms with Gasteiger partial charge in [0.25, 0.3) is 0 Å². The van der Waals surface area contributed by atoms with Crippen LogP contribution in [0.2, 0.25) is 0 Å². The molecule has 7 nitrogen and oxygen atoms in total. The topological polar surface area (TPSA) is 64.1 Å². The number of amides is 1. The Hall–Kier alpha value is -2.04. The number of hydrogen-bond acceptors (Lipinski definition) is 8. The smallest absolute Gasteiger partial charge is 0.233 e. The minimum atomic E-state index is 0. The zero-order chi connectivity index (χ0) is 25.5. The van der Waals surface area contributed by atoms with E-state index in [-0.39, 0.29) is 18.3 Å². The van der Waals surface area contributed by atoms with Gasteiger partial charge in [-0.2, -0.15) is 0 Å². The highest BCUT2D eigenvalue weighted by Crippen LogP contribution is 2.40. The Morgan fingerprint density at radius 1 is 1.11 bits per heavy atom. The van der Waals surface area contributed by atoms with E-state index in [4.69, 9.17) is 19.2 Å². The maximum Gasteiger partial charge on any atom is 0.233 e. The fourth-order valence-corrected chi connectivity index (χ4v) is 6.18. The van der Waals surface area contributed by atoms with Crippen LogP contribution in [0.3, 0.4) is 0 Å². The second-order valence-electron chi connectivity index (χ2n) is 8.98. The van der Waals surface area contributed by atoms with Gasteiger partial charge in [0, 0.05) is 36.3 Å². The fourth-order valence-electron chi connectivity index (χ4n) is 4.22. The molecule has 10 heteroatoms. The molecule has 0 spiro atoms. The van der Waals surface area contributed by atoms with Crippen molar-refractivity contribution in [3.05, 3.63) is 42.0 Å². The van der Waals surface area contributed by atoms with Crippen molar-refractivity contribution in [2.75, 3.05) is 58.5 Å². The third-order valence-electron chi connectivity index (χ3n) is 6.04. The second kappa shape index (κ2) is 14.2. The van der Waals surface area contributed by atoms with Gasteiger partial charge < -0.3 is 14.2 Å². The Morgan fingerprint density at radius 3 is 2.43 bits per heavy atom.